The van der Waals surface area contributed by atoms with E-state index in [1.165, 1.54) is 117 Å². The minimum Gasteiger partial charge on any atom is -0.310 e. The Labute approximate surface area is 476 Å². The Bertz CT molecular complexity index is 4390. The molecule has 1 unspecified atom stereocenters. The fourth-order valence-electron chi connectivity index (χ4n) is 14.2. The Morgan fingerprint density at radius 1 is 0.432 bits per heavy atom. The summed E-state index contributed by atoms with van der Waals surface area (Å²) in [5.74, 6) is 0.347. The monoisotopic (exact) mass is 1040 g/mol. The van der Waals surface area contributed by atoms with E-state index in [1.54, 1.807) is 0 Å². The first-order valence-corrected chi connectivity index (χ1v) is 28.9. The second kappa shape index (κ2) is 19.4. The van der Waals surface area contributed by atoms with Crippen LogP contribution in [0.4, 0.5) is 17.1 Å². The van der Waals surface area contributed by atoms with Gasteiger partial charge in [0.25, 0.3) is 0 Å². The molecule has 388 valence electrons. The normalized spacial score (nSPS) is 17.1. The van der Waals surface area contributed by atoms with Crippen LogP contribution in [0.1, 0.15) is 79.0 Å². The first-order chi connectivity index (χ1) is 39.8. The molecule has 0 fully saturated rings. The minimum atomic E-state index is -0.456. The summed E-state index contributed by atoms with van der Waals surface area (Å²) < 4.78 is 2.41. The smallest absolute Gasteiger partial charge is 0.0710 e. The highest BCUT2D eigenvalue weighted by molar-refractivity contribution is 6.11. The molecule has 1 atom stereocenters. The second-order valence-electron chi connectivity index (χ2n) is 23.1. The Morgan fingerprint density at radius 2 is 1.01 bits per heavy atom. The molecule has 2 heteroatoms. The maximum absolute atomic E-state index is 2.52. The average molecular weight is 1040 g/mol. The van der Waals surface area contributed by atoms with Crippen molar-refractivity contribution in [2.75, 3.05) is 4.90 Å². The van der Waals surface area contributed by atoms with E-state index in [1.807, 2.05) is 0 Å². The number of allylic oxidation sites excluding steroid dienone is 16. The molecule has 15 rings (SSSR count). The number of anilines is 3. The molecule has 0 N–H and O–H groups in total. The van der Waals surface area contributed by atoms with E-state index in [9.17, 15) is 0 Å². The van der Waals surface area contributed by atoms with Crippen molar-refractivity contribution in [3.05, 3.63) is 324 Å². The van der Waals surface area contributed by atoms with Gasteiger partial charge in [0.15, 0.2) is 0 Å². The van der Waals surface area contributed by atoms with E-state index >= 15 is 0 Å². The maximum atomic E-state index is 2.52. The fourth-order valence-corrected chi connectivity index (χ4v) is 14.2. The van der Waals surface area contributed by atoms with Crippen LogP contribution < -0.4 is 4.90 Å². The van der Waals surface area contributed by atoms with Gasteiger partial charge in [-0.25, -0.2) is 0 Å². The van der Waals surface area contributed by atoms with Crippen LogP contribution in [0.3, 0.4) is 0 Å². The number of rotatable bonds is 9. The summed E-state index contributed by atoms with van der Waals surface area (Å²) in [5.41, 5.74) is 27.0. The van der Waals surface area contributed by atoms with Gasteiger partial charge in [-0.3, -0.25) is 0 Å². The van der Waals surface area contributed by atoms with Crippen LogP contribution in [-0.4, -0.2) is 4.57 Å². The van der Waals surface area contributed by atoms with Gasteiger partial charge >= 0.3 is 0 Å². The Hall–Kier alpha value is -9.50. The summed E-state index contributed by atoms with van der Waals surface area (Å²) in [6.07, 6.45) is 29.9. The molecule has 9 aromatic carbocycles. The predicted octanol–water partition coefficient (Wildman–Crippen LogP) is 20.9. The van der Waals surface area contributed by atoms with Crippen LogP contribution in [0.5, 0.6) is 0 Å². The minimum absolute atomic E-state index is 0.248. The van der Waals surface area contributed by atoms with Gasteiger partial charge in [-0.15, -0.1) is 0 Å². The zero-order valence-corrected chi connectivity index (χ0v) is 46.2. The summed E-state index contributed by atoms with van der Waals surface area (Å²) in [4.78, 5) is 2.51. The maximum Gasteiger partial charge on any atom is 0.0710 e. The predicted molar refractivity (Wildman–Crippen MR) is 343 cm³/mol. The van der Waals surface area contributed by atoms with Crippen LogP contribution in [-0.2, 0) is 10.8 Å². The van der Waals surface area contributed by atoms with E-state index < -0.39 is 5.41 Å². The first-order valence-electron chi connectivity index (χ1n) is 28.9. The lowest BCUT2D eigenvalue weighted by Gasteiger charge is -2.36. The molecule has 0 spiro atoms. The molecule has 1 heterocycles. The quantitative estimate of drug-likeness (QED) is 0.140. The second-order valence-corrected chi connectivity index (χ2v) is 23.1. The largest absolute Gasteiger partial charge is 0.310 e. The zero-order chi connectivity index (χ0) is 54.2. The lowest BCUT2D eigenvalue weighted by atomic mass is 9.66. The van der Waals surface area contributed by atoms with Crippen molar-refractivity contribution in [1.29, 1.82) is 0 Å². The first kappa shape index (κ1) is 48.6. The van der Waals surface area contributed by atoms with E-state index in [0.29, 0.717) is 5.92 Å². The summed E-state index contributed by atoms with van der Waals surface area (Å²) in [7, 11) is 0. The molecule has 0 amide bonds. The average Bonchev–Trinajstić information content (AvgIpc) is 3.96. The van der Waals surface area contributed by atoms with Crippen molar-refractivity contribution in [2.24, 2.45) is 5.92 Å². The molecule has 1 aromatic heterocycles. The van der Waals surface area contributed by atoms with Gasteiger partial charge in [0.05, 0.1) is 16.4 Å². The molecular weight excluding hydrogens is 977 g/mol. The van der Waals surface area contributed by atoms with Crippen molar-refractivity contribution in [1.82, 2.24) is 4.57 Å². The Balaban J connectivity index is 0.861. The van der Waals surface area contributed by atoms with E-state index in [4.69, 9.17) is 0 Å². The lowest BCUT2D eigenvalue weighted by molar-refractivity contribution is 0.660. The van der Waals surface area contributed by atoms with Crippen molar-refractivity contribution < 1.29 is 0 Å². The topological polar surface area (TPSA) is 8.17 Å². The molecule has 5 aliphatic rings. The number of aromatic nitrogens is 1. The highest BCUT2D eigenvalue weighted by atomic mass is 15.1. The summed E-state index contributed by atoms with van der Waals surface area (Å²) in [6.45, 7) is 7.24. The Kier molecular flexibility index (Phi) is 11.6. The highest BCUT2D eigenvalue weighted by Gasteiger charge is 2.48. The number of benzene rings is 9. The van der Waals surface area contributed by atoms with Crippen LogP contribution in [0, 0.1) is 5.92 Å². The van der Waals surface area contributed by atoms with Crippen LogP contribution in [0.15, 0.2) is 285 Å². The number of fused-ring (bicyclic) bond motifs is 8. The van der Waals surface area contributed by atoms with Crippen molar-refractivity contribution in [3.8, 4) is 33.4 Å². The van der Waals surface area contributed by atoms with Crippen molar-refractivity contribution in [3.63, 3.8) is 0 Å². The van der Waals surface area contributed by atoms with Crippen molar-refractivity contribution in [2.45, 2.75) is 50.9 Å². The van der Waals surface area contributed by atoms with Gasteiger partial charge in [-0.05, 0) is 187 Å². The van der Waals surface area contributed by atoms with Crippen LogP contribution >= 0.6 is 0 Å². The number of hydrogen-bond donors (Lipinski definition) is 0. The molecule has 2 nitrogen and oxygen atoms in total. The van der Waals surface area contributed by atoms with E-state index in [2.05, 4.69) is 309 Å². The third kappa shape index (κ3) is 7.83. The molecule has 0 bridgehead atoms. The Morgan fingerprint density at radius 3 is 1.78 bits per heavy atom. The van der Waals surface area contributed by atoms with Gasteiger partial charge in [-0.1, -0.05) is 227 Å². The molecule has 0 saturated heterocycles. The molecule has 10 aromatic rings. The molecule has 81 heavy (non-hydrogen) atoms. The van der Waals surface area contributed by atoms with E-state index in [0.717, 1.165) is 36.3 Å². The lowest BCUT2D eigenvalue weighted by Crippen LogP contribution is -2.29. The summed E-state index contributed by atoms with van der Waals surface area (Å²) in [6, 6.07) is 78.4. The fraction of sp³-hybridized carbons (Fsp3) is 0.114. The third-order valence-electron chi connectivity index (χ3n) is 18.1. The summed E-state index contributed by atoms with van der Waals surface area (Å²) in [5, 5.41) is 2.51. The SMILES string of the molecule is CC1CC=CC2=C1c1cc(N(c3ccc(-c4ccc5c(c4)c4ccccc4n5C4=CC=CCC=C4)cc3)c3ccc4c(c3)C(C)(C)c3cc(-c5ccc(C6=CC=CCC=C6)cc5)ccc3-4)ccc1C2(c1ccccc1)c1ccccc1. The van der Waals surface area contributed by atoms with Gasteiger partial charge in [0.2, 0.25) is 0 Å². The van der Waals surface area contributed by atoms with Gasteiger partial charge < -0.3 is 9.47 Å². The molecule has 0 aliphatic heterocycles. The van der Waals surface area contributed by atoms with Gasteiger partial charge in [0, 0.05) is 38.9 Å². The third-order valence-corrected chi connectivity index (χ3v) is 18.1. The zero-order valence-electron chi connectivity index (χ0n) is 46.2. The molecule has 5 aliphatic carbocycles. The number of para-hydroxylation sites is 1. The number of hydrogen-bond acceptors (Lipinski definition) is 1. The van der Waals surface area contributed by atoms with Gasteiger partial charge in [-0.2, -0.15) is 0 Å². The molecular formula is C79H62N2. The molecule has 0 radical (unpaired) electrons. The van der Waals surface area contributed by atoms with Gasteiger partial charge in [0.1, 0.15) is 0 Å². The summed E-state index contributed by atoms with van der Waals surface area (Å²) >= 11 is 0. The standard InChI is InChI=1S/C79H62N2/c1-53-21-20-31-72-77(53)70-51-64(44-47-71(70)79(72,60-24-12-8-13-25-60)61-26-14-9-15-27-61)80(63-41-37-57(38-42-63)58-40-48-76-69(49-58)68-30-18-19-32-75(68)81(76)62-28-16-6-7-17-29-62)65-43-46-67-66-45-39-59(50-73(66)78(2,3)74(67)52-65)56-35-33-55(34-36-56)54-22-10-4-5-11-23-54/h4,6,8-20,22-53H,5,7,21H2,1-3H3. The highest BCUT2D eigenvalue weighted by Crippen LogP contribution is 2.59. The van der Waals surface area contributed by atoms with Crippen LogP contribution in [0.25, 0.3) is 72.0 Å². The van der Waals surface area contributed by atoms with E-state index in [-0.39, 0.29) is 5.41 Å². The van der Waals surface area contributed by atoms with Crippen molar-refractivity contribution >= 4 is 55.7 Å². The molecule has 0 saturated carbocycles. The van der Waals surface area contributed by atoms with Crippen LogP contribution in [0.2, 0.25) is 0 Å². The number of nitrogens with zero attached hydrogens (tertiary/aromatic N) is 2.